The van der Waals surface area contributed by atoms with Crippen LogP contribution < -0.4 is 0 Å². The molecular weight excluding hydrogens is 623 g/mol. The first-order valence-electron chi connectivity index (χ1n) is 17.1. The van der Waals surface area contributed by atoms with Crippen molar-refractivity contribution in [3.05, 3.63) is 176 Å². The largest absolute Gasteiger partial charge is 0.456 e. The summed E-state index contributed by atoms with van der Waals surface area (Å²) in [6, 6.07) is 61.1. The van der Waals surface area contributed by atoms with E-state index in [1.807, 2.05) is 66.7 Å². The molecule has 10 aromatic rings. The number of rotatable bonds is 5. The van der Waals surface area contributed by atoms with E-state index in [0.717, 1.165) is 60.5 Å². The molecule has 8 aromatic carbocycles. The number of hydrogen-bond donors (Lipinski definition) is 0. The summed E-state index contributed by atoms with van der Waals surface area (Å²) in [7, 11) is 0. The average molecular weight is 652 g/mol. The Bertz CT molecular complexity index is 2840. The van der Waals surface area contributed by atoms with Crippen molar-refractivity contribution in [2.24, 2.45) is 0 Å². The van der Waals surface area contributed by atoms with Crippen LogP contribution in [0.4, 0.5) is 0 Å². The molecule has 0 aliphatic heterocycles. The highest BCUT2D eigenvalue weighted by Gasteiger charge is 2.21. The van der Waals surface area contributed by atoms with Gasteiger partial charge >= 0.3 is 0 Å². The van der Waals surface area contributed by atoms with Gasteiger partial charge in [0, 0.05) is 27.5 Å². The first-order chi connectivity index (χ1) is 25.2. The van der Waals surface area contributed by atoms with Crippen LogP contribution >= 0.6 is 0 Å². The van der Waals surface area contributed by atoms with E-state index in [1.165, 1.54) is 21.9 Å². The van der Waals surface area contributed by atoms with Crippen LogP contribution in [0.3, 0.4) is 0 Å². The molecule has 2 aromatic heterocycles. The molecule has 2 heterocycles. The van der Waals surface area contributed by atoms with Crippen molar-refractivity contribution in [1.82, 2.24) is 15.0 Å². The van der Waals surface area contributed by atoms with Gasteiger partial charge in [-0.05, 0) is 74.1 Å². The highest BCUT2D eigenvalue weighted by molar-refractivity contribution is 6.23. The van der Waals surface area contributed by atoms with E-state index in [9.17, 15) is 0 Å². The Balaban J connectivity index is 1.24. The fourth-order valence-electron chi connectivity index (χ4n) is 7.17. The summed E-state index contributed by atoms with van der Waals surface area (Å²) in [5.74, 6) is 1.84. The standard InChI is InChI=1S/C47H29N3O/c1-4-12-30(13-5-1)34-20-21-36-27-37(23-22-35(36)26-34)38-28-40(44-42(29-38)51-41-25-24-31-14-10-11-19-39(31)43(41)44)47-49-45(32-15-6-2-7-16-32)48-46(50-47)33-17-8-3-9-18-33/h1-29H. The third kappa shape index (κ3) is 5.13. The number of hydrogen-bond acceptors (Lipinski definition) is 4. The Kier molecular flexibility index (Phi) is 6.78. The second-order valence-corrected chi connectivity index (χ2v) is 12.8. The van der Waals surface area contributed by atoms with Crippen molar-refractivity contribution in [3.63, 3.8) is 0 Å². The predicted octanol–water partition coefficient (Wildman–Crippen LogP) is 12.4. The molecule has 51 heavy (non-hydrogen) atoms. The minimum atomic E-state index is 0.596. The number of nitrogens with zero attached hydrogens (tertiary/aromatic N) is 3. The van der Waals surface area contributed by atoms with Crippen LogP contribution in [0, 0.1) is 0 Å². The summed E-state index contributed by atoms with van der Waals surface area (Å²) in [5.41, 5.74) is 8.89. The number of benzene rings is 8. The Hall–Kier alpha value is -6.91. The van der Waals surface area contributed by atoms with Crippen molar-refractivity contribution in [3.8, 4) is 56.4 Å². The Labute approximate surface area is 294 Å². The predicted molar refractivity (Wildman–Crippen MR) is 209 cm³/mol. The Morgan fingerprint density at radius 2 is 0.843 bits per heavy atom. The fraction of sp³-hybridized carbons (Fsp3) is 0. The molecule has 238 valence electrons. The molecule has 0 bridgehead atoms. The molecule has 0 unspecified atom stereocenters. The topological polar surface area (TPSA) is 51.8 Å². The van der Waals surface area contributed by atoms with Crippen LogP contribution in [0.5, 0.6) is 0 Å². The molecule has 0 fully saturated rings. The number of aromatic nitrogens is 3. The summed E-state index contributed by atoms with van der Waals surface area (Å²) >= 11 is 0. The molecule has 0 N–H and O–H groups in total. The molecule has 0 spiro atoms. The van der Waals surface area contributed by atoms with Crippen molar-refractivity contribution < 1.29 is 4.42 Å². The quantitative estimate of drug-likeness (QED) is 0.186. The van der Waals surface area contributed by atoms with Crippen LogP contribution in [0.1, 0.15) is 0 Å². The van der Waals surface area contributed by atoms with E-state index in [2.05, 4.69) is 109 Å². The minimum Gasteiger partial charge on any atom is -0.456 e. The summed E-state index contributed by atoms with van der Waals surface area (Å²) in [4.78, 5) is 15.3. The summed E-state index contributed by atoms with van der Waals surface area (Å²) in [6.07, 6.45) is 0. The van der Waals surface area contributed by atoms with E-state index >= 15 is 0 Å². The smallest absolute Gasteiger partial charge is 0.164 e. The minimum absolute atomic E-state index is 0.596. The van der Waals surface area contributed by atoms with E-state index in [1.54, 1.807) is 0 Å². The lowest BCUT2D eigenvalue weighted by Crippen LogP contribution is -2.00. The van der Waals surface area contributed by atoms with Crippen LogP contribution in [-0.2, 0) is 0 Å². The first-order valence-corrected chi connectivity index (χ1v) is 17.1. The van der Waals surface area contributed by atoms with Crippen LogP contribution in [-0.4, -0.2) is 15.0 Å². The van der Waals surface area contributed by atoms with E-state index in [4.69, 9.17) is 19.4 Å². The summed E-state index contributed by atoms with van der Waals surface area (Å²) < 4.78 is 6.70. The average Bonchev–Trinajstić information content (AvgIpc) is 3.60. The highest BCUT2D eigenvalue weighted by atomic mass is 16.3. The molecule has 0 aliphatic carbocycles. The maximum atomic E-state index is 6.70. The van der Waals surface area contributed by atoms with Gasteiger partial charge in [0.25, 0.3) is 0 Å². The van der Waals surface area contributed by atoms with E-state index < -0.39 is 0 Å². The Morgan fingerprint density at radius 3 is 1.49 bits per heavy atom. The molecular formula is C47H29N3O. The van der Waals surface area contributed by atoms with Crippen LogP contribution in [0.2, 0.25) is 0 Å². The zero-order valence-corrected chi connectivity index (χ0v) is 27.5. The molecule has 0 aliphatic rings. The second-order valence-electron chi connectivity index (χ2n) is 12.8. The third-order valence-electron chi connectivity index (χ3n) is 9.68. The van der Waals surface area contributed by atoms with Crippen LogP contribution in [0.15, 0.2) is 180 Å². The number of furan rings is 1. The summed E-state index contributed by atoms with van der Waals surface area (Å²) in [5, 5.41) is 6.68. The van der Waals surface area contributed by atoms with Gasteiger partial charge in [0.15, 0.2) is 17.5 Å². The lowest BCUT2D eigenvalue weighted by atomic mass is 9.94. The second kappa shape index (κ2) is 11.9. The van der Waals surface area contributed by atoms with Gasteiger partial charge in [-0.2, -0.15) is 0 Å². The molecule has 4 nitrogen and oxygen atoms in total. The normalized spacial score (nSPS) is 11.5. The molecule has 10 rings (SSSR count). The lowest BCUT2D eigenvalue weighted by molar-refractivity contribution is 0.669. The lowest BCUT2D eigenvalue weighted by Gasteiger charge is -2.12. The monoisotopic (exact) mass is 651 g/mol. The van der Waals surface area contributed by atoms with E-state index in [-0.39, 0.29) is 0 Å². The van der Waals surface area contributed by atoms with Crippen molar-refractivity contribution in [2.45, 2.75) is 0 Å². The van der Waals surface area contributed by atoms with Gasteiger partial charge in [-0.25, -0.2) is 15.0 Å². The van der Waals surface area contributed by atoms with Crippen molar-refractivity contribution in [2.75, 3.05) is 0 Å². The van der Waals surface area contributed by atoms with Crippen molar-refractivity contribution in [1.29, 1.82) is 0 Å². The zero-order chi connectivity index (χ0) is 33.7. The molecule has 0 atom stereocenters. The third-order valence-corrected chi connectivity index (χ3v) is 9.68. The van der Waals surface area contributed by atoms with Crippen LogP contribution in [0.25, 0.3) is 99.9 Å². The van der Waals surface area contributed by atoms with Gasteiger partial charge in [-0.1, -0.05) is 146 Å². The first kappa shape index (κ1) is 29.0. The maximum Gasteiger partial charge on any atom is 0.164 e. The molecule has 0 radical (unpaired) electrons. The van der Waals surface area contributed by atoms with Gasteiger partial charge in [-0.15, -0.1) is 0 Å². The molecule has 0 amide bonds. The van der Waals surface area contributed by atoms with Gasteiger partial charge in [0.1, 0.15) is 11.2 Å². The zero-order valence-electron chi connectivity index (χ0n) is 27.5. The van der Waals surface area contributed by atoms with Gasteiger partial charge in [0.05, 0.1) is 0 Å². The Morgan fingerprint density at radius 1 is 0.314 bits per heavy atom. The SMILES string of the molecule is c1ccc(-c2ccc3cc(-c4cc(-c5nc(-c6ccccc6)nc(-c6ccccc6)n5)c5c(c4)oc4ccc6ccccc6c45)ccc3c2)cc1. The van der Waals surface area contributed by atoms with Gasteiger partial charge in [-0.3, -0.25) is 0 Å². The number of fused-ring (bicyclic) bond motifs is 6. The van der Waals surface area contributed by atoms with E-state index in [0.29, 0.717) is 17.5 Å². The van der Waals surface area contributed by atoms with Gasteiger partial charge in [0.2, 0.25) is 0 Å². The maximum absolute atomic E-state index is 6.70. The highest BCUT2D eigenvalue weighted by Crippen LogP contribution is 2.43. The fourth-order valence-corrected chi connectivity index (χ4v) is 7.17. The molecule has 0 saturated heterocycles. The summed E-state index contributed by atoms with van der Waals surface area (Å²) in [6.45, 7) is 0. The van der Waals surface area contributed by atoms with Crippen molar-refractivity contribution >= 4 is 43.5 Å². The molecule has 0 saturated carbocycles. The van der Waals surface area contributed by atoms with Gasteiger partial charge < -0.3 is 4.42 Å². The molecule has 4 heteroatoms.